The van der Waals surface area contributed by atoms with Gasteiger partial charge in [0, 0.05) is 5.39 Å². The first kappa shape index (κ1) is 34.9. The smallest absolute Gasteiger partial charge is 0.425 e. The Morgan fingerprint density at radius 2 is 1.30 bits per heavy atom. The monoisotopic (exact) mass is 614 g/mol. The van der Waals surface area contributed by atoms with Crippen molar-refractivity contribution in [3.8, 4) is 11.5 Å². The van der Waals surface area contributed by atoms with Crippen LogP contribution in [0.3, 0.4) is 0 Å². The Hall–Kier alpha value is -3.55. The number of para-hydroxylation sites is 1. The van der Waals surface area contributed by atoms with E-state index >= 15 is 0 Å². The van der Waals surface area contributed by atoms with Crippen molar-refractivity contribution in [3.63, 3.8) is 0 Å². The Balaban J connectivity index is 1.75. The third-order valence-electron chi connectivity index (χ3n) is 7.59. The molecule has 0 amide bonds. The van der Waals surface area contributed by atoms with Gasteiger partial charge in [-0.15, -0.1) is 0 Å². The van der Waals surface area contributed by atoms with Crippen molar-refractivity contribution in [2.45, 2.75) is 110 Å². The molecule has 3 rings (SSSR count). The highest BCUT2D eigenvalue weighted by molar-refractivity contribution is 6.04. The van der Waals surface area contributed by atoms with Crippen LogP contribution in [0, 0.1) is 0 Å². The minimum Gasteiger partial charge on any atom is -0.493 e. The maximum absolute atomic E-state index is 13.8. The van der Waals surface area contributed by atoms with E-state index in [4.69, 9.17) is 14.2 Å². The number of hydrogen-bond donors (Lipinski definition) is 0. The van der Waals surface area contributed by atoms with Crippen molar-refractivity contribution in [2.24, 2.45) is 0 Å². The number of carbonyl (C=O) groups is 2. The zero-order valence-electron chi connectivity index (χ0n) is 25.9. The molecule has 0 aliphatic rings. The van der Waals surface area contributed by atoms with Crippen LogP contribution in [0.1, 0.15) is 118 Å². The molecule has 1 atom stereocenters. The number of alkyl halides is 3. The molecule has 8 heteroatoms. The number of esters is 2. The normalized spacial score (nSPS) is 12.2. The summed E-state index contributed by atoms with van der Waals surface area (Å²) in [6.45, 7) is 4.59. The molecule has 0 heterocycles. The van der Waals surface area contributed by atoms with E-state index in [0.717, 1.165) is 32.1 Å². The number of halogens is 3. The second-order valence-corrected chi connectivity index (χ2v) is 11.2. The van der Waals surface area contributed by atoms with E-state index in [2.05, 4.69) is 6.92 Å². The van der Waals surface area contributed by atoms with Crippen LogP contribution in [0.25, 0.3) is 10.8 Å². The molecule has 0 spiro atoms. The van der Waals surface area contributed by atoms with Crippen molar-refractivity contribution in [1.29, 1.82) is 0 Å². The third-order valence-corrected chi connectivity index (χ3v) is 7.59. The number of fused-ring (bicyclic) bond motifs is 1. The van der Waals surface area contributed by atoms with Crippen molar-refractivity contribution >= 4 is 22.7 Å². The van der Waals surface area contributed by atoms with Crippen LogP contribution in [0.15, 0.2) is 60.7 Å². The topological polar surface area (TPSA) is 61.8 Å². The third kappa shape index (κ3) is 10.9. The van der Waals surface area contributed by atoms with E-state index in [1.165, 1.54) is 38.2 Å². The van der Waals surface area contributed by atoms with E-state index in [0.29, 0.717) is 29.5 Å². The fourth-order valence-electron chi connectivity index (χ4n) is 5.08. The van der Waals surface area contributed by atoms with E-state index in [-0.39, 0.29) is 29.7 Å². The molecule has 44 heavy (non-hydrogen) atoms. The van der Waals surface area contributed by atoms with Crippen LogP contribution in [0.2, 0.25) is 0 Å². The first-order valence-electron chi connectivity index (χ1n) is 16.0. The minimum atomic E-state index is -4.72. The standard InChI is InChI=1S/C36H45F3O5/c1-3-5-7-9-10-11-12-18-26-42-31-22-17-16-21-29(31)34(40)44-33-28-20-15-14-19-27(28)24-25-30(33)35(41)43-32(36(37,38)39)23-13-8-6-4-2/h14-17,19-22,24-25,32H,3-13,18,23,26H2,1-2H3/t32-/m1/s1. The summed E-state index contributed by atoms with van der Waals surface area (Å²) in [7, 11) is 0. The van der Waals surface area contributed by atoms with E-state index in [9.17, 15) is 22.8 Å². The predicted octanol–water partition coefficient (Wildman–Crippen LogP) is 10.6. The molecule has 0 fully saturated rings. The second kappa shape index (κ2) is 18.3. The van der Waals surface area contributed by atoms with Crippen LogP contribution in [-0.2, 0) is 4.74 Å². The number of hydrogen-bond acceptors (Lipinski definition) is 5. The van der Waals surface area contributed by atoms with Crippen LogP contribution in [0.5, 0.6) is 11.5 Å². The summed E-state index contributed by atoms with van der Waals surface area (Å²) in [6.07, 6.45) is 4.44. The van der Waals surface area contributed by atoms with Crippen LogP contribution in [-0.4, -0.2) is 30.8 Å². The lowest BCUT2D eigenvalue weighted by atomic mass is 10.0. The lowest BCUT2D eigenvalue weighted by molar-refractivity contribution is -0.206. The average molecular weight is 615 g/mol. The van der Waals surface area contributed by atoms with Gasteiger partial charge in [-0.3, -0.25) is 0 Å². The van der Waals surface area contributed by atoms with Crippen molar-refractivity contribution in [2.75, 3.05) is 6.61 Å². The van der Waals surface area contributed by atoms with Gasteiger partial charge in [0.25, 0.3) is 0 Å². The molecule has 5 nitrogen and oxygen atoms in total. The molecule has 0 aromatic heterocycles. The lowest BCUT2D eigenvalue weighted by Gasteiger charge is -2.21. The summed E-state index contributed by atoms with van der Waals surface area (Å²) in [5, 5.41) is 1.05. The fourth-order valence-corrected chi connectivity index (χ4v) is 5.08. The Kier molecular flexibility index (Phi) is 14.5. The molecular formula is C36H45F3O5. The van der Waals surface area contributed by atoms with Crippen molar-refractivity contribution in [3.05, 3.63) is 71.8 Å². The van der Waals surface area contributed by atoms with Gasteiger partial charge in [0.15, 0.2) is 11.9 Å². The first-order valence-corrected chi connectivity index (χ1v) is 16.0. The van der Waals surface area contributed by atoms with Crippen LogP contribution >= 0.6 is 0 Å². The molecule has 3 aromatic carbocycles. The maximum Gasteiger partial charge on any atom is 0.425 e. The number of carbonyl (C=O) groups excluding carboxylic acids is 2. The summed E-state index contributed by atoms with van der Waals surface area (Å²) in [4.78, 5) is 26.7. The molecule has 0 aliphatic carbocycles. The summed E-state index contributed by atoms with van der Waals surface area (Å²) < 4.78 is 58.1. The van der Waals surface area contributed by atoms with Gasteiger partial charge in [-0.05, 0) is 42.8 Å². The molecular weight excluding hydrogens is 569 g/mol. The lowest BCUT2D eigenvalue weighted by Crippen LogP contribution is -2.34. The summed E-state index contributed by atoms with van der Waals surface area (Å²) in [5.74, 6) is -1.79. The largest absolute Gasteiger partial charge is 0.493 e. The highest BCUT2D eigenvalue weighted by Gasteiger charge is 2.42. The number of benzene rings is 3. The second-order valence-electron chi connectivity index (χ2n) is 11.2. The van der Waals surface area contributed by atoms with Crippen molar-refractivity contribution < 1.29 is 37.0 Å². The Labute approximate surface area is 259 Å². The molecule has 0 aliphatic heterocycles. The van der Waals surface area contributed by atoms with E-state index in [1.807, 2.05) is 6.92 Å². The predicted molar refractivity (Wildman–Crippen MR) is 167 cm³/mol. The highest BCUT2D eigenvalue weighted by atomic mass is 19.4. The molecule has 0 N–H and O–H groups in total. The van der Waals surface area contributed by atoms with Gasteiger partial charge in [-0.25, -0.2) is 9.59 Å². The molecule has 0 saturated heterocycles. The van der Waals surface area contributed by atoms with E-state index in [1.54, 1.807) is 54.6 Å². The fraction of sp³-hybridized carbons (Fsp3) is 0.500. The average Bonchev–Trinajstić information content (AvgIpc) is 3.01. The zero-order valence-corrected chi connectivity index (χ0v) is 25.9. The Morgan fingerprint density at radius 3 is 2.00 bits per heavy atom. The highest BCUT2D eigenvalue weighted by Crippen LogP contribution is 2.34. The molecule has 0 saturated carbocycles. The zero-order chi connectivity index (χ0) is 31.8. The molecule has 0 unspecified atom stereocenters. The van der Waals surface area contributed by atoms with Crippen LogP contribution < -0.4 is 9.47 Å². The number of ether oxygens (including phenoxy) is 3. The molecule has 240 valence electrons. The Morgan fingerprint density at radius 1 is 0.682 bits per heavy atom. The van der Waals surface area contributed by atoms with Gasteiger partial charge < -0.3 is 14.2 Å². The van der Waals surface area contributed by atoms with Gasteiger partial charge in [0.05, 0.1) is 6.61 Å². The molecule has 3 aromatic rings. The van der Waals surface area contributed by atoms with Gasteiger partial charge >= 0.3 is 18.1 Å². The first-order chi connectivity index (χ1) is 21.3. The minimum absolute atomic E-state index is 0.150. The summed E-state index contributed by atoms with van der Waals surface area (Å²) in [5.41, 5.74) is -0.0967. The van der Waals surface area contributed by atoms with Crippen molar-refractivity contribution in [1.82, 2.24) is 0 Å². The summed E-state index contributed by atoms with van der Waals surface area (Å²) >= 11 is 0. The van der Waals surface area contributed by atoms with Gasteiger partial charge in [0.1, 0.15) is 16.9 Å². The van der Waals surface area contributed by atoms with Crippen LogP contribution in [0.4, 0.5) is 13.2 Å². The molecule has 0 radical (unpaired) electrons. The van der Waals surface area contributed by atoms with E-state index < -0.39 is 24.2 Å². The SMILES string of the molecule is CCCCCCCCCCOc1ccccc1C(=O)Oc1c(C(=O)O[C@H](CCCCCC)C(F)(F)F)ccc2ccccc12. The van der Waals surface area contributed by atoms with Gasteiger partial charge in [-0.1, -0.05) is 121 Å². The molecule has 0 bridgehead atoms. The van der Waals surface area contributed by atoms with Gasteiger partial charge in [0.2, 0.25) is 0 Å². The summed E-state index contributed by atoms with van der Waals surface area (Å²) in [6, 6.07) is 16.5. The Bertz CT molecular complexity index is 1320. The maximum atomic E-state index is 13.8. The van der Waals surface area contributed by atoms with Gasteiger partial charge in [-0.2, -0.15) is 13.2 Å². The number of rotatable bonds is 19. The number of unbranched alkanes of at least 4 members (excludes halogenated alkanes) is 10. The quantitative estimate of drug-likeness (QED) is 0.0764.